The van der Waals surface area contributed by atoms with Crippen LogP contribution in [0.3, 0.4) is 0 Å². The lowest BCUT2D eigenvalue weighted by atomic mass is 10.3. The first kappa shape index (κ1) is 7.58. The highest BCUT2D eigenvalue weighted by Crippen LogP contribution is 2.28. The Kier molecular flexibility index (Phi) is 2.30. The third-order valence-corrected chi connectivity index (χ3v) is 2.71. The summed E-state index contributed by atoms with van der Waals surface area (Å²) in [7, 11) is 0. The molecular formula is C6H5BrN2S. The Hall–Kier alpha value is -0.530. The van der Waals surface area contributed by atoms with E-state index in [-0.39, 0.29) is 0 Å². The summed E-state index contributed by atoms with van der Waals surface area (Å²) < 4.78 is 0.982. The Balaban J connectivity index is 2.94. The molecule has 0 radical (unpaired) electrons. The van der Waals surface area contributed by atoms with Gasteiger partial charge in [-0.3, -0.25) is 0 Å². The number of anilines is 1. The third kappa shape index (κ3) is 1.49. The summed E-state index contributed by atoms with van der Waals surface area (Å²) in [5, 5.41) is 8.34. The third-order valence-electron chi connectivity index (χ3n) is 1.05. The highest BCUT2D eigenvalue weighted by Gasteiger charge is 2.02. The highest BCUT2D eigenvalue weighted by molar-refractivity contribution is 9.11. The second-order valence-electron chi connectivity index (χ2n) is 1.76. The lowest BCUT2D eigenvalue weighted by Gasteiger charge is -1.86. The molecule has 52 valence electrons. The van der Waals surface area contributed by atoms with Gasteiger partial charge in [-0.2, -0.15) is 5.26 Å². The number of nitrogens with zero attached hydrogens (tertiary/aromatic N) is 1. The predicted octanol–water partition coefficient (Wildman–Crippen LogP) is 2.16. The van der Waals surface area contributed by atoms with Crippen LogP contribution in [-0.2, 0) is 6.42 Å². The molecule has 0 spiro atoms. The molecule has 4 heteroatoms. The van der Waals surface area contributed by atoms with Crippen molar-refractivity contribution in [1.29, 1.82) is 5.26 Å². The average molecular weight is 217 g/mol. The van der Waals surface area contributed by atoms with Gasteiger partial charge in [-0.1, -0.05) is 0 Å². The molecule has 0 atom stereocenters. The summed E-state index contributed by atoms with van der Waals surface area (Å²) in [6, 6.07) is 3.86. The van der Waals surface area contributed by atoms with E-state index < -0.39 is 0 Å². The molecule has 0 saturated heterocycles. The van der Waals surface area contributed by atoms with Gasteiger partial charge in [0, 0.05) is 10.6 Å². The second-order valence-corrected chi connectivity index (χ2v) is 4.28. The van der Waals surface area contributed by atoms with Gasteiger partial charge in [0.25, 0.3) is 0 Å². The number of halogens is 1. The van der Waals surface area contributed by atoms with Crippen LogP contribution < -0.4 is 5.73 Å². The molecule has 1 aromatic heterocycles. The molecule has 0 aromatic carbocycles. The number of hydrogen-bond acceptors (Lipinski definition) is 3. The molecule has 10 heavy (non-hydrogen) atoms. The molecule has 0 bridgehead atoms. The smallest absolute Gasteiger partial charge is 0.0723 e. The van der Waals surface area contributed by atoms with Crippen molar-refractivity contribution >= 4 is 33.0 Å². The van der Waals surface area contributed by atoms with E-state index in [9.17, 15) is 0 Å². The van der Waals surface area contributed by atoms with Crippen LogP contribution >= 0.6 is 27.3 Å². The minimum atomic E-state index is 0.405. The molecule has 1 rings (SSSR count). The molecule has 0 aliphatic rings. The molecule has 0 aliphatic heterocycles. The minimum absolute atomic E-state index is 0.405. The fraction of sp³-hybridized carbons (Fsp3) is 0.167. The van der Waals surface area contributed by atoms with Crippen LogP contribution in [0.2, 0.25) is 0 Å². The molecule has 0 aliphatic carbocycles. The van der Waals surface area contributed by atoms with Crippen LogP contribution in [0.5, 0.6) is 0 Å². The van der Waals surface area contributed by atoms with Crippen LogP contribution in [0.15, 0.2) is 9.85 Å². The number of rotatable bonds is 1. The van der Waals surface area contributed by atoms with E-state index in [1.807, 2.05) is 12.1 Å². The van der Waals surface area contributed by atoms with Gasteiger partial charge in [-0.05, 0) is 22.0 Å². The van der Waals surface area contributed by atoms with Crippen molar-refractivity contribution in [3.8, 4) is 6.07 Å². The number of nitriles is 1. The Morgan fingerprint density at radius 3 is 2.90 bits per heavy atom. The Morgan fingerprint density at radius 2 is 2.50 bits per heavy atom. The van der Waals surface area contributed by atoms with Gasteiger partial charge in [-0.25, -0.2) is 0 Å². The van der Waals surface area contributed by atoms with E-state index in [0.29, 0.717) is 12.1 Å². The summed E-state index contributed by atoms with van der Waals surface area (Å²) in [4.78, 5) is 0.939. The first-order valence-electron chi connectivity index (χ1n) is 2.64. The molecule has 2 N–H and O–H groups in total. The Bertz CT molecular complexity index is 274. The van der Waals surface area contributed by atoms with Crippen molar-refractivity contribution in [2.24, 2.45) is 0 Å². The van der Waals surface area contributed by atoms with E-state index in [2.05, 4.69) is 15.9 Å². The van der Waals surface area contributed by atoms with E-state index >= 15 is 0 Å². The minimum Gasteiger partial charge on any atom is -0.398 e. The predicted molar refractivity (Wildman–Crippen MR) is 45.7 cm³/mol. The second kappa shape index (κ2) is 3.04. The summed E-state index contributed by atoms with van der Waals surface area (Å²) in [6.07, 6.45) is 0.405. The maximum Gasteiger partial charge on any atom is 0.0723 e. The van der Waals surface area contributed by atoms with Crippen LogP contribution in [0.25, 0.3) is 0 Å². The summed E-state index contributed by atoms with van der Waals surface area (Å²) in [5.41, 5.74) is 6.26. The standard InChI is InChI=1S/C6H5BrN2S/c7-6-3-4(9)5(10-6)1-2-8/h3H,1,9H2. The van der Waals surface area contributed by atoms with Crippen molar-refractivity contribution < 1.29 is 0 Å². The average Bonchev–Trinajstić information content (AvgIpc) is 2.13. The summed E-state index contributed by atoms with van der Waals surface area (Å²) >= 11 is 4.79. The maximum absolute atomic E-state index is 8.34. The van der Waals surface area contributed by atoms with Gasteiger partial charge < -0.3 is 5.73 Å². The fourth-order valence-electron chi connectivity index (χ4n) is 0.619. The number of hydrogen-bond donors (Lipinski definition) is 1. The molecule has 2 nitrogen and oxygen atoms in total. The van der Waals surface area contributed by atoms with Crippen molar-refractivity contribution in [3.05, 3.63) is 14.7 Å². The van der Waals surface area contributed by atoms with E-state index in [1.54, 1.807) is 0 Å². The van der Waals surface area contributed by atoms with Crippen molar-refractivity contribution in [2.75, 3.05) is 5.73 Å². The zero-order chi connectivity index (χ0) is 7.56. The molecule has 0 unspecified atom stereocenters. The maximum atomic E-state index is 8.34. The molecular weight excluding hydrogens is 212 g/mol. The lowest BCUT2D eigenvalue weighted by molar-refractivity contribution is 1.32. The molecule has 0 amide bonds. The van der Waals surface area contributed by atoms with Crippen LogP contribution in [-0.4, -0.2) is 0 Å². The van der Waals surface area contributed by atoms with Crippen molar-refractivity contribution in [2.45, 2.75) is 6.42 Å². The van der Waals surface area contributed by atoms with E-state index in [0.717, 1.165) is 8.66 Å². The summed E-state index contributed by atoms with van der Waals surface area (Å²) in [5.74, 6) is 0. The van der Waals surface area contributed by atoms with Crippen molar-refractivity contribution in [3.63, 3.8) is 0 Å². The van der Waals surface area contributed by atoms with Gasteiger partial charge in [0.05, 0.1) is 16.3 Å². The Morgan fingerprint density at radius 1 is 1.80 bits per heavy atom. The molecule has 0 saturated carbocycles. The van der Waals surface area contributed by atoms with E-state index in [1.165, 1.54) is 11.3 Å². The molecule has 1 heterocycles. The molecule has 1 aromatic rings. The van der Waals surface area contributed by atoms with Gasteiger partial charge >= 0.3 is 0 Å². The highest BCUT2D eigenvalue weighted by atomic mass is 79.9. The van der Waals surface area contributed by atoms with Gasteiger partial charge in [0.15, 0.2) is 0 Å². The van der Waals surface area contributed by atoms with Crippen LogP contribution in [0, 0.1) is 11.3 Å². The first-order chi connectivity index (χ1) is 4.74. The number of nitrogen functional groups attached to an aromatic ring is 1. The first-order valence-corrected chi connectivity index (χ1v) is 4.25. The van der Waals surface area contributed by atoms with Crippen LogP contribution in [0.4, 0.5) is 5.69 Å². The van der Waals surface area contributed by atoms with E-state index in [4.69, 9.17) is 11.0 Å². The monoisotopic (exact) mass is 216 g/mol. The van der Waals surface area contributed by atoms with Gasteiger partial charge in [0.1, 0.15) is 0 Å². The van der Waals surface area contributed by atoms with Gasteiger partial charge in [-0.15, -0.1) is 11.3 Å². The topological polar surface area (TPSA) is 49.8 Å². The zero-order valence-corrected chi connectivity index (χ0v) is 7.50. The quantitative estimate of drug-likeness (QED) is 0.783. The summed E-state index contributed by atoms with van der Waals surface area (Å²) in [6.45, 7) is 0. The number of thiophene rings is 1. The largest absolute Gasteiger partial charge is 0.398 e. The Labute approximate surface area is 71.4 Å². The fourth-order valence-corrected chi connectivity index (χ4v) is 2.19. The zero-order valence-electron chi connectivity index (χ0n) is 5.10. The molecule has 0 fully saturated rings. The SMILES string of the molecule is N#CCc1sc(Br)cc1N. The van der Waals surface area contributed by atoms with Gasteiger partial charge in [0.2, 0.25) is 0 Å². The normalized spacial score (nSPS) is 9.20. The van der Waals surface area contributed by atoms with Crippen molar-refractivity contribution in [1.82, 2.24) is 0 Å². The number of nitrogens with two attached hydrogens (primary N) is 1. The van der Waals surface area contributed by atoms with Crippen LogP contribution in [0.1, 0.15) is 4.88 Å². The lowest BCUT2D eigenvalue weighted by Crippen LogP contribution is -1.85.